The van der Waals surface area contributed by atoms with E-state index in [0.29, 0.717) is 22.8 Å². The highest BCUT2D eigenvalue weighted by Gasteiger charge is 2.15. The molecular formula is C11H17N3O2S. The van der Waals surface area contributed by atoms with Crippen LogP contribution in [0.15, 0.2) is 0 Å². The molecule has 0 aliphatic heterocycles. The number of likely N-dealkylation sites (N-methyl/N-ethyl adjacent to an activating group) is 1. The fourth-order valence-electron chi connectivity index (χ4n) is 1.37. The fraction of sp³-hybridized carbons (Fsp3) is 0.545. The lowest BCUT2D eigenvalue weighted by molar-refractivity contribution is -0.127. The second-order valence-corrected chi connectivity index (χ2v) is 4.56. The molecule has 1 heterocycles. The third-order valence-electron chi connectivity index (χ3n) is 2.52. The molecule has 0 radical (unpaired) electrons. The maximum atomic E-state index is 11.6. The Balaban J connectivity index is 2.70. The van der Waals surface area contributed by atoms with Gasteiger partial charge in [0.05, 0.1) is 17.8 Å². The van der Waals surface area contributed by atoms with Crippen LogP contribution in [0.3, 0.4) is 0 Å². The van der Waals surface area contributed by atoms with Crippen LogP contribution in [0.1, 0.15) is 29.9 Å². The van der Waals surface area contributed by atoms with Crippen molar-refractivity contribution in [3.05, 3.63) is 11.3 Å². The highest BCUT2D eigenvalue weighted by molar-refractivity contribution is 7.10. The van der Waals surface area contributed by atoms with E-state index in [9.17, 15) is 9.59 Å². The summed E-state index contributed by atoms with van der Waals surface area (Å²) in [6.45, 7) is 6.06. The first-order chi connectivity index (χ1) is 7.97. The molecule has 1 aromatic heterocycles. The topological polar surface area (TPSA) is 62.3 Å². The summed E-state index contributed by atoms with van der Waals surface area (Å²) in [5, 5.41) is 3.65. The Hall–Kier alpha value is -1.43. The molecule has 0 saturated heterocycles. The summed E-state index contributed by atoms with van der Waals surface area (Å²) in [5.41, 5.74) is 1.29. The number of ketones is 1. The van der Waals surface area contributed by atoms with E-state index >= 15 is 0 Å². The maximum absolute atomic E-state index is 11.6. The van der Waals surface area contributed by atoms with E-state index in [1.54, 1.807) is 18.9 Å². The lowest BCUT2D eigenvalue weighted by Crippen LogP contribution is -2.31. The van der Waals surface area contributed by atoms with Gasteiger partial charge in [-0.15, -0.1) is 0 Å². The van der Waals surface area contributed by atoms with Crippen molar-refractivity contribution in [2.24, 2.45) is 0 Å². The van der Waals surface area contributed by atoms with Gasteiger partial charge in [-0.2, -0.15) is 4.37 Å². The number of aryl methyl sites for hydroxylation is 1. The first-order valence-electron chi connectivity index (χ1n) is 5.42. The van der Waals surface area contributed by atoms with Crippen molar-refractivity contribution in [3.8, 4) is 0 Å². The Morgan fingerprint density at radius 1 is 1.47 bits per heavy atom. The van der Waals surface area contributed by atoms with Gasteiger partial charge in [-0.1, -0.05) is 0 Å². The molecule has 0 atom stereocenters. The molecule has 5 nitrogen and oxygen atoms in total. The van der Waals surface area contributed by atoms with Crippen LogP contribution in [-0.2, 0) is 4.79 Å². The molecule has 17 heavy (non-hydrogen) atoms. The number of aromatic nitrogens is 1. The Kier molecular flexibility index (Phi) is 4.62. The molecule has 1 rings (SSSR count). The predicted octanol–water partition coefficient (Wildman–Crippen LogP) is 1.54. The Bertz CT molecular complexity index is 428. The molecule has 0 saturated carbocycles. The summed E-state index contributed by atoms with van der Waals surface area (Å²) >= 11 is 1.21. The quantitative estimate of drug-likeness (QED) is 0.811. The SMILES string of the molecule is CCN(C)C(=O)CNc1snc(C)c1C(C)=O. The minimum absolute atomic E-state index is 0.00643. The van der Waals surface area contributed by atoms with Crippen LogP contribution in [0, 0.1) is 6.92 Å². The zero-order valence-electron chi connectivity index (χ0n) is 10.5. The van der Waals surface area contributed by atoms with Crippen molar-refractivity contribution >= 4 is 28.2 Å². The minimum Gasteiger partial charge on any atom is -0.366 e. The highest BCUT2D eigenvalue weighted by Crippen LogP contribution is 2.24. The van der Waals surface area contributed by atoms with Gasteiger partial charge in [-0.05, 0) is 32.3 Å². The lowest BCUT2D eigenvalue weighted by atomic mass is 10.2. The van der Waals surface area contributed by atoms with Crippen LogP contribution in [0.2, 0.25) is 0 Å². The van der Waals surface area contributed by atoms with Gasteiger partial charge in [0.15, 0.2) is 5.78 Å². The molecule has 0 aliphatic rings. The zero-order valence-corrected chi connectivity index (χ0v) is 11.3. The highest BCUT2D eigenvalue weighted by atomic mass is 32.1. The molecular weight excluding hydrogens is 238 g/mol. The summed E-state index contributed by atoms with van der Waals surface area (Å²) in [5.74, 6) is -0.0388. The molecule has 1 amide bonds. The van der Waals surface area contributed by atoms with Gasteiger partial charge < -0.3 is 10.2 Å². The van der Waals surface area contributed by atoms with Crippen molar-refractivity contribution in [3.63, 3.8) is 0 Å². The first kappa shape index (κ1) is 13.6. The third kappa shape index (κ3) is 3.26. The second kappa shape index (κ2) is 5.77. The monoisotopic (exact) mass is 255 g/mol. The van der Waals surface area contributed by atoms with Gasteiger partial charge in [0.1, 0.15) is 5.00 Å². The Morgan fingerprint density at radius 2 is 2.12 bits per heavy atom. The van der Waals surface area contributed by atoms with Crippen LogP contribution in [0.5, 0.6) is 0 Å². The van der Waals surface area contributed by atoms with Gasteiger partial charge >= 0.3 is 0 Å². The number of Topliss-reactive ketones (excluding diaryl/α,β-unsaturated/α-hetero) is 1. The Labute approximate surface area is 105 Å². The van der Waals surface area contributed by atoms with Gasteiger partial charge in [0.2, 0.25) is 5.91 Å². The summed E-state index contributed by atoms with van der Waals surface area (Å²) in [6.07, 6.45) is 0. The molecule has 0 bridgehead atoms. The smallest absolute Gasteiger partial charge is 0.241 e. The van der Waals surface area contributed by atoms with Crippen molar-refractivity contribution < 1.29 is 9.59 Å². The van der Waals surface area contributed by atoms with Crippen LogP contribution in [0.4, 0.5) is 5.00 Å². The summed E-state index contributed by atoms with van der Waals surface area (Å²) in [7, 11) is 1.74. The maximum Gasteiger partial charge on any atom is 0.241 e. The van der Waals surface area contributed by atoms with Crippen LogP contribution in [0.25, 0.3) is 0 Å². The van der Waals surface area contributed by atoms with Crippen molar-refractivity contribution in [2.75, 3.05) is 25.5 Å². The number of amides is 1. The fourth-order valence-corrected chi connectivity index (χ4v) is 2.21. The number of hydrogen-bond acceptors (Lipinski definition) is 5. The summed E-state index contributed by atoms with van der Waals surface area (Å²) < 4.78 is 4.11. The van der Waals surface area contributed by atoms with Gasteiger partial charge in [-0.3, -0.25) is 9.59 Å². The number of anilines is 1. The van der Waals surface area contributed by atoms with Crippen molar-refractivity contribution in [1.82, 2.24) is 9.27 Å². The minimum atomic E-state index is -0.0324. The van der Waals surface area contributed by atoms with E-state index in [4.69, 9.17) is 0 Å². The van der Waals surface area contributed by atoms with Crippen LogP contribution in [-0.4, -0.2) is 41.1 Å². The van der Waals surface area contributed by atoms with E-state index in [1.165, 1.54) is 18.5 Å². The molecule has 1 aromatic rings. The normalized spacial score (nSPS) is 10.1. The van der Waals surface area contributed by atoms with Gasteiger partial charge in [0.25, 0.3) is 0 Å². The van der Waals surface area contributed by atoms with Crippen LogP contribution >= 0.6 is 11.5 Å². The first-order valence-corrected chi connectivity index (χ1v) is 6.19. The Morgan fingerprint density at radius 3 is 2.65 bits per heavy atom. The van der Waals surface area contributed by atoms with E-state index in [2.05, 4.69) is 9.69 Å². The molecule has 0 fully saturated rings. The number of nitrogens with zero attached hydrogens (tertiary/aromatic N) is 2. The molecule has 0 unspecified atom stereocenters. The van der Waals surface area contributed by atoms with Crippen LogP contribution < -0.4 is 5.32 Å². The molecule has 0 aromatic carbocycles. The average molecular weight is 255 g/mol. The largest absolute Gasteiger partial charge is 0.366 e. The van der Waals surface area contributed by atoms with Crippen molar-refractivity contribution in [2.45, 2.75) is 20.8 Å². The van der Waals surface area contributed by atoms with E-state index in [1.807, 2.05) is 6.92 Å². The number of nitrogens with one attached hydrogen (secondary N) is 1. The second-order valence-electron chi connectivity index (χ2n) is 3.79. The number of carbonyl (C=O) groups is 2. The van der Waals surface area contributed by atoms with E-state index in [0.717, 1.165) is 0 Å². The molecule has 1 N–H and O–H groups in total. The standard InChI is InChI=1S/C11H17N3O2S/c1-5-14(4)9(16)6-12-11-10(8(3)15)7(2)13-17-11/h12H,5-6H2,1-4H3. The molecule has 94 valence electrons. The lowest BCUT2D eigenvalue weighted by Gasteiger charge is -2.14. The van der Waals surface area contributed by atoms with Gasteiger partial charge in [0, 0.05) is 13.6 Å². The third-order valence-corrected chi connectivity index (χ3v) is 3.41. The van der Waals surface area contributed by atoms with Crippen molar-refractivity contribution in [1.29, 1.82) is 0 Å². The molecule has 6 heteroatoms. The van der Waals surface area contributed by atoms with E-state index in [-0.39, 0.29) is 18.2 Å². The van der Waals surface area contributed by atoms with Gasteiger partial charge in [-0.25, -0.2) is 0 Å². The number of rotatable bonds is 5. The predicted molar refractivity (Wildman–Crippen MR) is 68.7 cm³/mol. The zero-order chi connectivity index (χ0) is 13.0. The number of carbonyl (C=O) groups excluding carboxylic acids is 2. The van der Waals surface area contributed by atoms with E-state index < -0.39 is 0 Å². The number of hydrogen-bond donors (Lipinski definition) is 1. The molecule has 0 spiro atoms. The molecule has 0 aliphatic carbocycles. The summed E-state index contributed by atoms with van der Waals surface area (Å²) in [6, 6.07) is 0. The summed E-state index contributed by atoms with van der Waals surface area (Å²) in [4.78, 5) is 24.6. The average Bonchev–Trinajstić information content (AvgIpc) is 2.66.